The van der Waals surface area contributed by atoms with Crippen molar-refractivity contribution in [3.63, 3.8) is 0 Å². The second-order valence-electron chi connectivity index (χ2n) is 3.55. The predicted octanol–water partition coefficient (Wildman–Crippen LogP) is 3.02. The lowest BCUT2D eigenvalue weighted by atomic mass is 10.2. The Kier molecular flexibility index (Phi) is 1.94. The number of benzene rings is 2. The zero-order chi connectivity index (χ0) is 11.1. The maximum atomic E-state index is 6.10. The van der Waals surface area contributed by atoms with E-state index in [0.29, 0.717) is 16.2 Å². The summed E-state index contributed by atoms with van der Waals surface area (Å²) in [5.74, 6) is 0. The fourth-order valence-corrected chi connectivity index (χ4v) is 1.87. The molecule has 2 N–H and O–H groups in total. The highest BCUT2D eigenvalue weighted by Crippen LogP contribution is 2.27. The highest BCUT2D eigenvalue weighted by Gasteiger charge is 2.06. The third-order valence-corrected chi connectivity index (χ3v) is 2.88. The molecule has 0 saturated heterocycles. The van der Waals surface area contributed by atoms with Gasteiger partial charge in [0.1, 0.15) is 5.52 Å². The predicted molar refractivity (Wildman–Crippen MR) is 66.5 cm³/mol. The molecule has 0 radical (unpaired) electrons. The Morgan fingerprint density at radius 1 is 0.875 bits per heavy atom. The third-order valence-electron chi connectivity index (χ3n) is 2.48. The Morgan fingerprint density at radius 2 is 1.56 bits per heavy atom. The van der Waals surface area contributed by atoms with Gasteiger partial charge in [0.25, 0.3) is 0 Å². The van der Waals surface area contributed by atoms with Gasteiger partial charge in [-0.3, -0.25) is 0 Å². The zero-order valence-electron chi connectivity index (χ0n) is 8.31. The monoisotopic (exact) mass is 229 g/mol. The lowest BCUT2D eigenvalue weighted by molar-refractivity contribution is 1.39. The van der Waals surface area contributed by atoms with Crippen molar-refractivity contribution in [2.45, 2.75) is 0 Å². The molecule has 0 bridgehead atoms. The Bertz CT molecular complexity index is 694. The standard InChI is InChI=1S/C12H8ClN3/c13-11-7(14)5-6-10-12(11)16-9-4-2-1-3-8(9)15-10/h1-6H,14H2. The molecule has 0 aliphatic carbocycles. The van der Waals surface area contributed by atoms with E-state index in [9.17, 15) is 0 Å². The molecule has 3 nitrogen and oxygen atoms in total. The Morgan fingerprint density at radius 3 is 2.31 bits per heavy atom. The number of halogens is 1. The molecule has 1 heterocycles. The number of nitrogen functional groups attached to an aromatic ring is 1. The second-order valence-corrected chi connectivity index (χ2v) is 3.93. The van der Waals surface area contributed by atoms with E-state index in [1.54, 1.807) is 6.07 Å². The smallest absolute Gasteiger partial charge is 0.110 e. The van der Waals surface area contributed by atoms with Crippen molar-refractivity contribution < 1.29 is 0 Å². The van der Waals surface area contributed by atoms with Crippen LogP contribution in [-0.2, 0) is 0 Å². The molecule has 0 fully saturated rings. The summed E-state index contributed by atoms with van der Waals surface area (Å²) < 4.78 is 0. The van der Waals surface area contributed by atoms with Gasteiger partial charge in [-0.05, 0) is 24.3 Å². The number of fused-ring (bicyclic) bond motifs is 2. The Labute approximate surface area is 96.9 Å². The fourth-order valence-electron chi connectivity index (χ4n) is 1.67. The minimum absolute atomic E-state index is 0.468. The van der Waals surface area contributed by atoms with Crippen molar-refractivity contribution in [2.24, 2.45) is 0 Å². The van der Waals surface area contributed by atoms with E-state index in [4.69, 9.17) is 17.3 Å². The van der Waals surface area contributed by atoms with E-state index < -0.39 is 0 Å². The Hall–Kier alpha value is -1.87. The van der Waals surface area contributed by atoms with E-state index >= 15 is 0 Å². The molecule has 0 amide bonds. The molecule has 0 unspecified atom stereocenters. The summed E-state index contributed by atoms with van der Waals surface area (Å²) in [5, 5.41) is 0.468. The van der Waals surface area contributed by atoms with E-state index in [0.717, 1.165) is 16.6 Å². The summed E-state index contributed by atoms with van der Waals surface area (Å²) in [4.78, 5) is 8.94. The van der Waals surface area contributed by atoms with Crippen LogP contribution in [0.15, 0.2) is 36.4 Å². The summed E-state index contributed by atoms with van der Waals surface area (Å²) >= 11 is 6.10. The first kappa shape index (κ1) is 9.36. The molecule has 0 aliphatic heterocycles. The average molecular weight is 230 g/mol. The number of anilines is 1. The van der Waals surface area contributed by atoms with Crippen LogP contribution in [-0.4, -0.2) is 9.97 Å². The van der Waals surface area contributed by atoms with Crippen LogP contribution in [0.2, 0.25) is 5.02 Å². The minimum atomic E-state index is 0.468. The van der Waals surface area contributed by atoms with E-state index in [1.165, 1.54) is 0 Å². The molecule has 0 spiro atoms. The summed E-state index contributed by atoms with van der Waals surface area (Å²) in [7, 11) is 0. The van der Waals surface area contributed by atoms with Crippen LogP contribution < -0.4 is 5.73 Å². The fraction of sp³-hybridized carbons (Fsp3) is 0. The first-order valence-corrected chi connectivity index (χ1v) is 5.24. The van der Waals surface area contributed by atoms with Gasteiger partial charge in [-0.15, -0.1) is 0 Å². The first-order chi connectivity index (χ1) is 7.75. The molecular formula is C12H8ClN3. The highest BCUT2D eigenvalue weighted by atomic mass is 35.5. The molecular weight excluding hydrogens is 222 g/mol. The SMILES string of the molecule is Nc1ccc2nc3ccccc3nc2c1Cl. The lowest BCUT2D eigenvalue weighted by Gasteiger charge is -2.04. The average Bonchev–Trinajstić information content (AvgIpc) is 2.32. The number of rotatable bonds is 0. The van der Waals surface area contributed by atoms with E-state index in [1.807, 2.05) is 30.3 Å². The van der Waals surface area contributed by atoms with Crippen LogP contribution >= 0.6 is 11.6 Å². The second kappa shape index (κ2) is 3.32. The van der Waals surface area contributed by atoms with Crippen LogP contribution in [0.5, 0.6) is 0 Å². The molecule has 0 saturated carbocycles. The van der Waals surface area contributed by atoms with Crippen LogP contribution in [0.1, 0.15) is 0 Å². The molecule has 4 heteroatoms. The van der Waals surface area contributed by atoms with E-state index in [2.05, 4.69) is 9.97 Å². The third kappa shape index (κ3) is 1.29. The van der Waals surface area contributed by atoms with Crippen molar-refractivity contribution in [3.05, 3.63) is 41.4 Å². The van der Waals surface area contributed by atoms with Gasteiger partial charge in [0.15, 0.2) is 0 Å². The van der Waals surface area contributed by atoms with Crippen molar-refractivity contribution in [3.8, 4) is 0 Å². The quantitative estimate of drug-likeness (QED) is 0.476. The molecule has 78 valence electrons. The minimum Gasteiger partial charge on any atom is -0.397 e. The topological polar surface area (TPSA) is 51.8 Å². The first-order valence-electron chi connectivity index (χ1n) is 4.86. The summed E-state index contributed by atoms with van der Waals surface area (Å²) in [6.07, 6.45) is 0. The molecule has 2 aromatic carbocycles. The summed E-state index contributed by atoms with van der Waals surface area (Å²) in [5.41, 5.74) is 9.35. The molecule has 3 aromatic rings. The van der Waals surface area contributed by atoms with Crippen LogP contribution in [0.3, 0.4) is 0 Å². The summed E-state index contributed by atoms with van der Waals surface area (Å²) in [6, 6.07) is 11.3. The summed E-state index contributed by atoms with van der Waals surface area (Å²) in [6.45, 7) is 0. The molecule has 16 heavy (non-hydrogen) atoms. The highest BCUT2D eigenvalue weighted by molar-refractivity contribution is 6.37. The lowest BCUT2D eigenvalue weighted by Crippen LogP contribution is -1.92. The van der Waals surface area contributed by atoms with Gasteiger partial charge in [0, 0.05) is 0 Å². The van der Waals surface area contributed by atoms with E-state index in [-0.39, 0.29) is 0 Å². The van der Waals surface area contributed by atoms with Crippen molar-refractivity contribution in [2.75, 3.05) is 5.73 Å². The van der Waals surface area contributed by atoms with Gasteiger partial charge in [0.05, 0.1) is 27.3 Å². The number of nitrogens with two attached hydrogens (primary N) is 1. The molecule has 0 aliphatic rings. The number of hydrogen-bond acceptors (Lipinski definition) is 3. The number of nitrogens with zero attached hydrogens (tertiary/aromatic N) is 2. The molecule has 0 atom stereocenters. The van der Waals surface area contributed by atoms with Crippen molar-refractivity contribution >= 4 is 39.4 Å². The van der Waals surface area contributed by atoms with Crippen molar-refractivity contribution in [1.82, 2.24) is 9.97 Å². The zero-order valence-corrected chi connectivity index (χ0v) is 9.07. The van der Waals surface area contributed by atoms with Crippen molar-refractivity contribution in [1.29, 1.82) is 0 Å². The largest absolute Gasteiger partial charge is 0.397 e. The number of hydrogen-bond donors (Lipinski definition) is 1. The van der Waals surface area contributed by atoms with Gasteiger partial charge in [-0.25, -0.2) is 9.97 Å². The molecule has 3 rings (SSSR count). The Balaban J connectivity index is 2.51. The number of para-hydroxylation sites is 2. The van der Waals surface area contributed by atoms with Crippen LogP contribution in [0.25, 0.3) is 22.1 Å². The van der Waals surface area contributed by atoms with Crippen LogP contribution in [0, 0.1) is 0 Å². The maximum absolute atomic E-state index is 6.10. The number of aromatic nitrogens is 2. The van der Waals surface area contributed by atoms with Gasteiger partial charge in [-0.2, -0.15) is 0 Å². The van der Waals surface area contributed by atoms with Gasteiger partial charge in [0.2, 0.25) is 0 Å². The van der Waals surface area contributed by atoms with Crippen LogP contribution in [0.4, 0.5) is 5.69 Å². The normalized spacial score (nSPS) is 11.1. The van der Waals surface area contributed by atoms with Gasteiger partial charge in [-0.1, -0.05) is 23.7 Å². The van der Waals surface area contributed by atoms with Gasteiger partial charge >= 0.3 is 0 Å². The molecule has 1 aromatic heterocycles. The maximum Gasteiger partial charge on any atom is 0.110 e. The van der Waals surface area contributed by atoms with Gasteiger partial charge < -0.3 is 5.73 Å².